The fraction of sp³-hybridized carbons (Fsp3) is 0.333. The minimum atomic E-state index is -0.907. The minimum Gasteiger partial charge on any atom is -0.478 e. The van der Waals surface area contributed by atoms with E-state index in [1.807, 2.05) is 12.1 Å². The van der Waals surface area contributed by atoms with Crippen LogP contribution in [0.1, 0.15) is 49.6 Å². The van der Waals surface area contributed by atoms with E-state index in [0.717, 1.165) is 18.4 Å². The third-order valence-corrected chi connectivity index (χ3v) is 5.13. The number of pyridine rings is 1. The van der Waals surface area contributed by atoms with Crippen LogP contribution in [0.15, 0.2) is 42.6 Å². The number of carbonyl (C=O) groups excluding carboxylic acids is 2. The Kier molecular flexibility index (Phi) is 6.03. The molecule has 2 amide bonds. The van der Waals surface area contributed by atoms with Crippen LogP contribution < -0.4 is 5.32 Å². The van der Waals surface area contributed by atoms with Crippen LogP contribution >= 0.6 is 0 Å². The second-order valence-electron chi connectivity index (χ2n) is 6.91. The van der Waals surface area contributed by atoms with Gasteiger partial charge in [-0.25, -0.2) is 4.79 Å². The molecule has 1 fully saturated rings. The number of amides is 2. The summed E-state index contributed by atoms with van der Waals surface area (Å²) in [5.74, 6) is -0.948. The van der Waals surface area contributed by atoms with E-state index in [4.69, 9.17) is 0 Å². The molecule has 0 atom stereocenters. The molecule has 0 bridgehead atoms. The molecular formula is C21H23N3O4. The van der Waals surface area contributed by atoms with Gasteiger partial charge in [0.05, 0.1) is 11.1 Å². The molecule has 1 aromatic heterocycles. The molecule has 1 aromatic carbocycles. The first-order valence-corrected chi connectivity index (χ1v) is 9.28. The molecule has 0 unspecified atom stereocenters. The number of carboxylic acid groups (broad SMARTS) is 1. The maximum absolute atomic E-state index is 12.7. The zero-order valence-electron chi connectivity index (χ0n) is 15.7. The van der Waals surface area contributed by atoms with Crippen LogP contribution in [0.4, 0.5) is 0 Å². The lowest BCUT2D eigenvalue weighted by atomic mass is 9.88. The highest BCUT2D eigenvalue weighted by Gasteiger charge is 2.25. The molecule has 146 valence electrons. The monoisotopic (exact) mass is 381 g/mol. The van der Waals surface area contributed by atoms with Crippen LogP contribution in [0.3, 0.4) is 0 Å². The van der Waals surface area contributed by atoms with Crippen molar-refractivity contribution < 1.29 is 19.5 Å². The smallest absolute Gasteiger partial charge is 0.335 e. The van der Waals surface area contributed by atoms with Gasteiger partial charge in [0.25, 0.3) is 11.8 Å². The van der Waals surface area contributed by atoms with Gasteiger partial charge in [-0.2, -0.15) is 0 Å². The lowest BCUT2D eigenvalue weighted by Gasteiger charge is -2.32. The molecule has 2 heterocycles. The van der Waals surface area contributed by atoms with Crippen LogP contribution in [0.2, 0.25) is 0 Å². The summed E-state index contributed by atoms with van der Waals surface area (Å²) in [5, 5.41) is 11.8. The Labute approximate surface area is 163 Å². The lowest BCUT2D eigenvalue weighted by molar-refractivity contribution is 0.0689. The Morgan fingerprint density at radius 2 is 1.86 bits per heavy atom. The molecule has 0 saturated carbocycles. The van der Waals surface area contributed by atoms with Gasteiger partial charge in [-0.1, -0.05) is 18.2 Å². The van der Waals surface area contributed by atoms with Crippen LogP contribution in [0, 0.1) is 5.92 Å². The van der Waals surface area contributed by atoms with Crippen molar-refractivity contribution in [3.8, 4) is 0 Å². The molecule has 1 aliphatic heterocycles. The largest absolute Gasteiger partial charge is 0.478 e. The van der Waals surface area contributed by atoms with Crippen molar-refractivity contribution in [2.24, 2.45) is 5.92 Å². The van der Waals surface area contributed by atoms with E-state index in [0.29, 0.717) is 36.6 Å². The normalized spacial score (nSPS) is 14.5. The average Bonchev–Trinajstić information content (AvgIpc) is 2.73. The highest BCUT2D eigenvalue weighted by Crippen LogP contribution is 2.24. The van der Waals surface area contributed by atoms with Gasteiger partial charge in [0.2, 0.25) is 0 Å². The van der Waals surface area contributed by atoms with E-state index in [-0.39, 0.29) is 17.5 Å². The van der Waals surface area contributed by atoms with Gasteiger partial charge in [-0.3, -0.25) is 14.6 Å². The fourth-order valence-corrected chi connectivity index (χ4v) is 3.52. The average molecular weight is 381 g/mol. The number of hydrogen-bond donors (Lipinski definition) is 2. The van der Waals surface area contributed by atoms with Crippen LogP contribution in [-0.2, 0) is 6.42 Å². The summed E-state index contributed by atoms with van der Waals surface area (Å²) in [7, 11) is 1.53. The molecule has 0 spiro atoms. The number of nitrogens with one attached hydrogen (secondary N) is 1. The number of carboxylic acids is 1. The van der Waals surface area contributed by atoms with Crippen molar-refractivity contribution >= 4 is 17.8 Å². The number of rotatable bonds is 5. The molecule has 7 heteroatoms. The first-order chi connectivity index (χ1) is 13.5. The molecular weight excluding hydrogens is 358 g/mol. The first-order valence-electron chi connectivity index (χ1n) is 9.28. The van der Waals surface area contributed by atoms with E-state index in [9.17, 15) is 19.5 Å². The Morgan fingerprint density at radius 1 is 1.14 bits per heavy atom. The van der Waals surface area contributed by atoms with Gasteiger partial charge in [-0.15, -0.1) is 0 Å². The summed E-state index contributed by atoms with van der Waals surface area (Å²) in [6.07, 6.45) is 3.78. The number of benzene rings is 1. The topological polar surface area (TPSA) is 99.6 Å². The van der Waals surface area contributed by atoms with Crippen LogP contribution in [0.5, 0.6) is 0 Å². The van der Waals surface area contributed by atoms with E-state index in [1.54, 1.807) is 29.2 Å². The van der Waals surface area contributed by atoms with E-state index in [2.05, 4.69) is 10.3 Å². The fourth-order valence-electron chi connectivity index (χ4n) is 3.52. The summed E-state index contributed by atoms with van der Waals surface area (Å²) in [5.41, 5.74) is 1.93. The Bertz CT molecular complexity index is 871. The Morgan fingerprint density at radius 3 is 2.46 bits per heavy atom. The molecule has 1 saturated heterocycles. The van der Waals surface area contributed by atoms with Gasteiger partial charge >= 0.3 is 5.97 Å². The number of aromatic nitrogens is 1. The molecule has 28 heavy (non-hydrogen) atoms. The van der Waals surface area contributed by atoms with Gasteiger partial charge in [0.15, 0.2) is 0 Å². The molecule has 7 nitrogen and oxygen atoms in total. The third-order valence-electron chi connectivity index (χ3n) is 5.13. The highest BCUT2D eigenvalue weighted by molar-refractivity contribution is 5.96. The maximum atomic E-state index is 12.7. The molecule has 2 aromatic rings. The number of carbonyl (C=O) groups is 3. The molecule has 0 radical (unpaired) electrons. The molecule has 2 N–H and O–H groups in total. The van der Waals surface area contributed by atoms with Crippen molar-refractivity contribution in [3.05, 3.63) is 65.0 Å². The summed E-state index contributed by atoms with van der Waals surface area (Å²) in [4.78, 5) is 41.4. The van der Waals surface area contributed by atoms with Gasteiger partial charge < -0.3 is 15.3 Å². The molecule has 3 rings (SSSR count). The maximum Gasteiger partial charge on any atom is 0.335 e. The SMILES string of the molecule is CNC(=O)c1ccc(C(=O)N2CCC(Cc3ccccc3C(=O)O)CC2)cn1. The summed E-state index contributed by atoms with van der Waals surface area (Å²) < 4.78 is 0. The van der Waals surface area contributed by atoms with Gasteiger partial charge in [0, 0.05) is 26.3 Å². The van der Waals surface area contributed by atoms with Crippen LogP contribution in [-0.4, -0.2) is 52.9 Å². The highest BCUT2D eigenvalue weighted by atomic mass is 16.4. The number of aromatic carboxylic acids is 1. The second-order valence-corrected chi connectivity index (χ2v) is 6.91. The number of nitrogens with zero attached hydrogens (tertiary/aromatic N) is 2. The standard InChI is InChI=1S/C21H23N3O4/c1-22-19(25)18-7-6-16(13-23-18)20(26)24-10-8-14(9-11-24)12-15-4-2-3-5-17(15)21(27)28/h2-7,13-14H,8-12H2,1H3,(H,22,25)(H,27,28). The number of likely N-dealkylation sites (tertiary alicyclic amines) is 1. The van der Waals surface area contributed by atoms with E-state index >= 15 is 0 Å². The number of piperidine rings is 1. The van der Waals surface area contributed by atoms with Gasteiger partial charge in [0.1, 0.15) is 5.69 Å². The van der Waals surface area contributed by atoms with Crippen molar-refractivity contribution in [1.82, 2.24) is 15.2 Å². The minimum absolute atomic E-state index is 0.0969. The Hall–Kier alpha value is -3.22. The predicted molar refractivity (Wildman–Crippen MR) is 103 cm³/mol. The zero-order valence-corrected chi connectivity index (χ0v) is 15.7. The Balaban J connectivity index is 1.59. The lowest BCUT2D eigenvalue weighted by Crippen LogP contribution is -2.39. The van der Waals surface area contributed by atoms with Crippen molar-refractivity contribution in [2.45, 2.75) is 19.3 Å². The summed E-state index contributed by atoms with van der Waals surface area (Å²) in [6.45, 7) is 1.24. The summed E-state index contributed by atoms with van der Waals surface area (Å²) >= 11 is 0. The van der Waals surface area contributed by atoms with E-state index in [1.165, 1.54) is 13.2 Å². The molecule has 0 aliphatic carbocycles. The van der Waals surface area contributed by atoms with Gasteiger partial charge in [-0.05, 0) is 48.9 Å². The summed E-state index contributed by atoms with van der Waals surface area (Å²) in [6, 6.07) is 10.2. The van der Waals surface area contributed by atoms with E-state index < -0.39 is 5.97 Å². The van der Waals surface area contributed by atoms with Crippen LogP contribution in [0.25, 0.3) is 0 Å². The molecule has 1 aliphatic rings. The quantitative estimate of drug-likeness (QED) is 0.827. The number of hydrogen-bond acceptors (Lipinski definition) is 4. The van der Waals surface area contributed by atoms with Crippen molar-refractivity contribution in [2.75, 3.05) is 20.1 Å². The van der Waals surface area contributed by atoms with Crippen molar-refractivity contribution in [1.29, 1.82) is 0 Å². The van der Waals surface area contributed by atoms with Crippen molar-refractivity contribution in [3.63, 3.8) is 0 Å². The predicted octanol–water partition coefficient (Wildman–Crippen LogP) is 2.23. The second kappa shape index (κ2) is 8.65. The zero-order chi connectivity index (χ0) is 20.1. The third kappa shape index (κ3) is 4.36. The first kappa shape index (κ1) is 19.5.